The smallest absolute Gasteiger partial charge is 0.220 e. The Kier molecular flexibility index (Phi) is 39.6. The topological polar surface area (TPSA) is 89.8 Å². The van der Waals surface area contributed by atoms with Crippen LogP contribution in [0.2, 0.25) is 0 Å². The van der Waals surface area contributed by atoms with Crippen molar-refractivity contribution in [2.45, 2.75) is 270 Å². The van der Waals surface area contributed by atoms with E-state index in [1.807, 2.05) is 0 Å². The molecule has 0 aromatic heterocycles. The van der Waals surface area contributed by atoms with Gasteiger partial charge < -0.3 is 20.6 Å². The van der Waals surface area contributed by atoms with Crippen LogP contribution in [0.15, 0.2) is 0 Å². The third-order valence-corrected chi connectivity index (χ3v) is 10.7. The molecule has 0 aliphatic heterocycles. The predicted molar refractivity (Wildman–Crippen MR) is 213 cm³/mol. The maximum Gasteiger partial charge on any atom is 0.220 e. The lowest BCUT2D eigenvalue weighted by Gasteiger charge is -2.26. The molecular weight excluding hydrogens is 606 g/mol. The van der Waals surface area contributed by atoms with E-state index in [9.17, 15) is 20.1 Å². The van der Waals surface area contributed by atoms with Gasteiger partial charge in [-0.15, -0.1) is 0 Å². The summed E-state index contributed by atoms with van der Waals surface area (Å²) in [5.41, 5.74) is 0. The van der Waals surface area contributed by atoms with Crippen molar-refractivity contribution in [2.24, 2.45) is 0 Å². The first kappa shape index (κ1) is 48.3. The zero-order valence-electron chi connectivity index (χ0n) is 33.4. The third kappa shape index (κ3) is 35.5. The summed E-state index contributed by atoms with van der Waals surface area (Å²) in [6.07, 6.45) is 45.0. The van der Waals surface area contributed by atoms with E-state index in [4.69, 9.17) is 0 Å². The molecule has 0 saturated carbocycles. The first-order valence-corrected chi connectivity index (χ1v) is 22.3. The van der Waals surface area contributed by atoms with Gasteiger partial charge in [0.1, 0.15) is 6.10 Å². The Labute approximate surface area is 307 Å². The molecule has 4 N–H and O–H groups in total. The minimum absolute atomic E-state index is 0.139. The number of hydrogen-bond acceptors (Lipinski definition) is 4. The van der Waals surface area contributed by atoms with Gasteiger partial charge in [0, 0.05) is 6.42 Å². The molecule has 3 atom stereocenters. The van der Waals surface area contributed by atoms with Crippen molar-refractivity contribution in [1.82, 2.24) is 5.32 Å². The SMILES string of the molecule is CCCCCCCCCCCCCCCCCCCCCCCCC(=O)NC(CO)C(O)C(O)CCCCCCCCCCCCCCC. The fourth-order valence-corrected chi connectivity index (χ4v) is 7.22. The number of amides is 1. The van der Waals surface area contributed by atoms with Gasteiger partial charge in [-0.05, 0) is 12.8 Å². The molecule has 0 aliphatic carbocycles. The summed E-state index contributed by atoms with van der Waals surface area (Å²) in [4.78, 5) is 12.4. The molecule has 49 heavy (non-hydrogen) atoms. The van der Waals surface area contributed by atoms with E-state index < -0.39 is 18.2 Å². The molecule has 5 heteroatoms. The van der Waals surface area contributed by atoms with Gasteiger partial charge >= 0.3 is 0 Å². The normalized spacial score (nSPS) is 13.5. The lowest BCUT2D eigenvalue weighted by atomic mass is 9.99. The third-order valence-electron chi connectivity index (χ3n) is 10.7. The van der Waals surface area contributed by atoms with E-state index in [2.05, 4.69) is 19.2 Å². The minimum Gasteiger partial charge on any atom is -0.394 e. The highest BCUT2D eigenvalue weighted by Gasteiger charge is 2.26. The van der Waals surface area contributed by atoms with Crippen molar-refractivity contribution >= 4 is 5.91 Å². The molecule has 0 spiro atoms. The summed E-state index contributed by atoms with van der Waals surface area (Å²) in [7, 11) is 0. The quantitative estimate of drug-likeness (QED) is 0.0479. The van der Waals surface area contributed by atoms with Gasteiger partial charge in [0.05, 0.1) is 18.8 Å². The highest BCUT2D eigenvalue weighted by Crippen LogP contribution is 2.17. The van der Waals surface area contributed by atoms with Gasteiger partial charge in [-0.25, -0.2) is 0 Å². The van der Waals surface area contributed by atoms with Gasteiger partial charge in [-0.3, -0.25) is 4.79 Å². The number of aliphatic hydroxyl groups is 3. The summed E-state index contributed by atoms with van der Waals surface area (Å²) < 4.78 is 0. The van der Waals surface area contributed by atoms with Gasteiger partial charge in [0.25, 0.3) is 0 Å². The number of carbonyl (C=O) groups excluding carboxylic acids is 1. The van der Waals surface area contributed by atoms with Gasteiger partial charge in [0.2, 0.25) is 5.91 Å². The number of carbonyl (C=O) groups is 1. The van der Waals surface area contributed by atoms with Crippen LogP contribution >= 0.6 is 0 Å². The highest BCUT2D eigenvalue weighted by atomic mass is 16.3. The second kappa shape index (κ2) is 40.1. The first-order valence-electron chi connectivity index (χ1n) is 22.3. The van der Waals surface area contributed by atoms with Crippen molar-refractivity contribution in [3.63, 3.8) is 0 Å². The molecular formula is C44H89NO4. The van der Waals surface area contributed by atoms with Crippen LogP contribution in [0.4, 0.5) is 0 Å². The number of aliphatic hydroxyl groups excluding tert-OH is 3. The molecule has 0 radical (unpaired) electrons. The average Bonchev–Trinajstić information content (AvgIpc) is 3.10. The van der Waals surface area contributed by atoms with Gasteiger partial charge in [-0.2, -0.15) is 0 Å². The summed E-state index contributed by atoms with van der Waals surface area (Å²) in [6, 6.07) is -0.802. The Bertz CT molecular complexity index is 644. The standard InChI is InChI=1S/C44H89NO4/c1-3-5-7-9-11-13-15-17-18-19-20-21-22-23-24-25-27-29-31-33-35-37-39-43(48)45-41(40-46)44(49)42(47)38-36-34-32-30-28-26-16-14-12-10-8-6-4-2/h41-42,44,46-47,49H,3-40H2,1-2H3,(H,45,48). The molecule has 0 heterocycles. The van der Waals surface area contributed by atoms with E-state index >= 15 is 0 Å². The van der Waals surface area contributed by atoms with Crippen molar-refractivity contribution < 1.29 is 20.1 Å². The van der Waals surface area contributed by atoms with E-state index in [1.165, 1.54) is 193 Å². The number of rotatable bonds is 41. The van der Waals surface area contributed by atoms with Crippen LogP contribution in [-0.4, -0.2) is 46.1 Å². The van der Waals surface area contributed by atoms with Crippen molar-refractivity contribution in [1.29, 1.82) is 0 Å². The molecule has 3 unspecified atom stereocenters. The van der Waals surface area contributed by atoms with Crippen molar-refractivity contribution in [3.8, 4) is 0 Å². The maximum atomic E-state index is 12.4. The van der Waals surface area contributed by atoms with E-state index in [0.29, 0.717) is 12.8 Å². The van der Waals surface area contributed by atoms with E-state index in [1.54, 1.807) is 0 Å². The van der Waals surface area contributed by atoms with Crippen molar-refractivity contribution in [2.75, 3.05) is 6.61 Å². The van der Waals surface area contributed by atoms with Crippen LogP contribution in [0.3, 0.4) is 0 Å². The Morgan fingerprint density at radius 1 is 0.429 bits per heavy atom. The summed E-state index contributed by atoms with van der Waals surface area (Å²) >= 11 is 0. The van der Waals surface area contributed by atoms with Gasteiger partial charge in [0.15, 0.2) is 0 Å². The predicted octanol–water partition coefficient (Wildman–Crippen LogP) is 12.7. The molecule has 0 rings (SSSR count). The molecule has 0 fully saturated rings. The Morgan fingerprint density at radius 3 is 0.980 bits per heavy atom. The van der Waals surface area contributed by atoms with E-state index in [0.717, 1.165) is 32.1 Å². The molecule has 0 aromatic rings. The molecule has 294 valence electrons. The van der Waals surface area contributed by atoms with Gasteiger partial charge in [-0.1, -0.05) is 232 Å². The number of unbranched alkanes of at least 4 members (excludes halogenated alkanes) is 33. The molecule has 0 aromatic carbocycles. The van der Waals surface area contributed by atoms with E-state index in [-0.39, 0.29) is 12.5 Å². The largest absolute Gasteiger partial charge is 0.394 e. The Hall–Kier alpha value is -0.650. The second-order valence-corrected chi connectivity index (χ2v) is 15.6. The highest BCUT2D eigenvalue weighted by molar-refractivity contribution is 5.76. The Morgan fingerprint density at radius 2 is 0.694 bits per heavy atom. The van der Waals surface area contributed by atoms with Crippen LogP contribution in [-0.2, 0) is 4.79 Å². The minimum atomic E-state index is -1.13. The summed E-state index contributed by atoms with van der Waals surface area (Å²) in [5.74, 6) is -0.139. The van der Waals surface area contributed by atoms with Crippen LogP contribution in [0, 0.1) is 0 Å². The summed E-state index contributed by atoms with van der Waals surface area (Å²) in [5, 5.41) is 33.5. The molecule has 0 saturated heterocycles. The molecule has 0 bridgehead atoms. The average molecular weight is 696 g/mol. The molecule has 0 aliphatic rings. The number of nitrogens with one attached hydrogen (secondary N) is 1. The fraction of sp³-hybridized carbons (Fsp3) is 0.977. The lowest BCUT2D eigenvalue weighted by molar-refractivity contribution is -0.124. The zero-order chi connectivity index (χ0) is 35.9. The molecule has 5 nitrogen and oxygen atoms in total. The fourth-order valence-electron chi connectivity index (χ4n) is 7.22. The Balaban J connectivity index is 3.55. The molecule has 1 amide bonds. The lowest BCUT2D eigenvalue weighted by Crippen LogP contribution is -2.50. The summed E-state index contributed by atoms with van der Waals surface area (Å²) in [6.45, 7) is 4.19. The second-order valence-electron chi connectivity index (χ2n) is 15.6. The number of hydrogen-bond donors (Lipinski definition) is 4. The first-order chi connectivity index (χ1) is 24.1. The van der Waals surface area contributed by atoms with Crippen LogP contribution in [0.25, 0.3) is 0 Å². The van der Waals surface area contributed by atoms with Crippen LogP contribution in [0.1, 0.15) is 251 Å². The zero-order valence-corrected chi connectivity index (χ0v) is 33.4. The van der Waals surface area contributed by atoms with Crippen molar-refractivity contribution in [3.05, 3.63) is 0 Å². The monoisotopic (exact) mass is 696 g/mol. The van der Waals surface area contributed by atoms with Crippen LogP contribution in [0.5, 0.6) is 0 Å². The van der Waals surface area contributed by atoms with Crippen LogP contribution < -0.4 is 5.32 Å². The maximum absolute atomic E-state index is 12.4.